The van der Waals surface area contributed by atoms with Gasteiger partial charge in [0.1, 0.15) is 5.82 Å². The van der Waals surface area contributed by atoms with Crippen LogP contribution in [0.25, 0.3) is 16.7 Å². The summed E-state index contributed by atoms with van der Waals surface area (Å²) in [5.41, 5.74) is 3.42. The number of carbonyl (C=O) groups excluding carboxylic acids is 1. The van der Waals surface area contributed by atoms with Crippen LogP contribution in [0.3, 0.4) is 0 Å². The fraction of sp³-hybridized carbons (Fsp3) is 0.333. The Balaban J connectivity index is 1.55. The minimum Gasteiger partial charge on any atom is -0.345 e. The molecule has 0 aliphatic carbocycles. The molecule has 0 radical (unpaired) electrons. The molecule has 4 aromatic heterocycles. The number of nitrogens with zero attached hydrogens (tertiary/aromatic N) is 5. The number of aromatic nitrogens is 6. The second kappa shape index (κ2) is 5.69. The van der Waals surface area contributed by atoms with Crippen molar-refractivity contribution in [3.05, 3.63) is 48.4 Å². The van der Waals surface area contributed by atoms with Gasteiger partial charge in [-0.15, -0.1) is 0 Å². The van der Waals surface area contributed by atoms with Gasteiger partial charge in [0.25, 0.3) is 5.91 Å². The molecule has 0 saturated carbocycles. The molecule has 1 amide bonds. The van der Waals surface area contributed by atoms with Crippen LogP contribution in [0.15, 0.2) is 37.1 Å². The third kappa shape index (κ3) is 2.22. The predicted octanol–water partition coefficient (Wildman–Crippen LogP) is 2.20. The third-order valence-corrected chi connectivity index (χ3v) is 5.41. The van der Waals surface area contributed by atoms with E-state index in [1.807, 2.05) is 29.6 Å². The number of likely N-dealkylation sites (tertiary alicyclic amines) is 1. The number of hydrogen-bond acceptors (Lipinski definition) is 4. The van der Waals surface area contributed by atoms with E-state index in [1.165, 1.54) is 0 Å². The lowest BCUT2D eigenvalue weighted by molar-refractivity contribution is 0.0665. The molecule has 0 spiro atoms. The second-order valence-corrected chi connectivity index (χ2v) is 6.96. The Morgan fingerprint density at radius 2 is 2.15 bits per heavy atom. The maximum Gasteiger partial charge on any atom is 0.257 e. The Morgan fingerprint density at radius 1 is 1.27 bits per heavy atom. The van der Waals surface area contributed by atoms with E-state index in [2.05, 4.69) is 31.5 Å². The van der Waals surface area contributed by atoms with Crippen LogP contribution in [0.2, 0.25) is 0 Å². The van der Waals surface area contributed by atoms with Gasteiger partial charge in [-0.1, -0.05) is 6.92 Å². The lowest BCUT2D eigenvalue weighted by atomic mass is 9.86. The topological polar surface area (TPSA) is 95.0 Å². The fourth-order valence-electron chi connectivity index (χ4n) is 3.90. The van der Waals surface area contributed by atoms with Gasteiger partial charge in [-0.2, -0.15) is 5.10 Å². The molecule has 26 heavy (non-hydrogen) atoms. The lowest BCUT2D eigenvalue weighted by Crippen LogP contribution is -2.42. The van der Waals surface area contributed by atoms with Crippen LogP contribution >= 0.6 is 0 Å². The first-order valence-corrected chi connectivity index (χ1v) is 8.80. The van der Waals surface area contributed by atoms with Gasteiger partial charge in [-0.3, -0.25) is 14.3 Å². The molecule has 0 aromatic carbocycles. The van der Waals surface area contributed by atoms with Crippen LogP contribution in [0.1, 0.15) is 35.4 Å². The summed E-state index contributed by atoms with van der Waals surface area (Å²) in [6.07, 6.45) is 9.75. The molecule has 1 aliphatic rings. The van der Waals surface area contributed by atoms with E-state index in [0.717, 1.165) is 35.5 Å². The smallest absolute Gasteiger partial charge is 0.257 e. The number of rotatable bonds is 2. The van der Waals surface area contributed by atoms with Crippen LogP contribution in [-0.2, 0) is 0 Å². The molecule has 2 atom stereocenters. The zero-order valence-corrected chi connectivity index (χ0v) is 14.4. The summed E-state index contributed by atoms with van der Waals surface area (Å²) in [7, 11) is 0. The first kappa shape index (κ1) is 15.1. The Hall–Kier alpha value is -3.16. The van der Waals surface area contributed by atoms with Crippen molar-refractivity contribution >= 4 is 22.6 Å². The van der Waals surface area contributed by atoms with Gasteiger partial charge in [0.05, 0.1) is 35.2 Å². The largest absolute Gasteiger partial charge is 0.345 e. The first-order valence-electron chi connectivity index (χ1n) is 8.80. The summed E-state index contributed by atoms with van der Waals surface area (Å²) in [5.74, 6) is 1.62. The zero-order chi connectivity index (χ0) is 17.7. The third-order valence-electron chi connectivity index (χ3n) is 5.41. The van der Waals surface area contributed by atoms with Crippen molar-refractivity contribution in [3.63, 3.8) is 0 Å². The van der Waals surface area contributed by atoms with Crippen molar-refractivity contribution in [2.24, 2.45) is 5.92 Å². The van der Waals surface area contributed by atoms with Gasteiger partial charge < -0.3 is 9.88 Å². The maximum atomic E-state index is 12.7. The standard InChI is InChI=1S/C18H19N7O/c1-11-3-5-24(18(26)12-6-22-23-7-12)10-14(11)17-21-9-13-8-20-16-15(25(13)17)2-4-19-16/h2,4,6-9,11,14,19H,3,5,10H2,1H3,(H,22,23). The van der Waals surface area contributed by atoms with E-state index in [4.69, 9.17) is 4.98 Å². The highest BCUT2D eigenvalue weighted by molar-refractivity contribution is 5.93. The maximum absolute atomic E-state index is 12.7. The number of aromatic amines is 2. The molecule has 5 rings (SSSR count). The van der Waals surface area contributed by atoms with E-state index in [-0.39, 0.29) is 11.8 Å². The van der Waals surface area contributed by atoms with Gasteiger partial charge in [0, 0.05) is 31.4 Å². The van der Waals surface area contributed by atoms with Crippen LogP contribution in [0.5, 0.6) is 0 Å². The van der Waals surface area contributed by atoms with Gasteiger partial charge in [0.15, 0.2) is 5.65 Å². The summed E-state index contributed by atoms with van der Waals surface area (Å²) in [5, 5.41) is 6.61. The van der Waals surface area contributed by atoms with Gasteiger partial charge in [-0.05, 0) is 18.4 Å². The number of fused-ring (bicyclic) bond motifs is 3. The van der Waals surface area contributed by atoms with Crippen molar-refractivity contribution in [3.8, 4) is 0 Å². The molecule has 8 nitrogen and oxygen atoms in total. The number of amides is 1. The summed E-state index contributed by atoms with van der Waals surface area (Å²) >= 11 is 0. The lowest BCUT2D eigenvalue weighted by Gasteiger charge is -2.36. The highest BCUT2D eigenvalue weighted by Crippen LogP contribution is 2.33. The molecule has 5 heterocycles. The summed E-state index contributed by atoms with van der Waals surface area (Å²) in [6, 6.07) is 2.02. The number of nitrogens with one attached hydrogen (secondary N) is 2. The van der Waals surface area contributed by atoms with Crippen LogP contribution in [-0.4, -0.2) is 53.4 Å². The minimum absolute atomic E-state index is 0.0185. The quantitative estimate of drug-likeness (QED) is 0.580. The number of carbonyl (C=O) groups is 1. The summed E-state index contributed by atoms with van der Waals surface area (Å²) in [4.78, 5) is 26.9. The predicted molar refractivity (Wildman–Crippen MR) is 95.9 cm³/mol. The van der Waals surface area contributed by atoms with E-state index in [0.29, 0.717) is 18.0 Å². The molecule has 2 N–H and O–H groups in total. The normalized spacial score (nSPS) is 20.9. The van der Waals surface area contributed by atoms with E-state index in [9.17, 15) is 4.79 Å². The van der Waals surface area contributed by atoms with E-state index >= 15 is 0 Å². The van der Waals surface area contributed by atoms with Crippen molar-refractivity contribution in [2.75, 3.05) is 13.1 Å². The molecule has 8 heteroatoms. The van der Waals surface area contributed by atoms with Crippen molar-refractivity contribution < 1.29 is 4.79 Å². The highest BCUT2D eigenvalue weighted by Gasteiger charge is 2.33. The molecular formula is C18H19N7O. The Kier molecular flexibility index (Phi) is 3.31. The number of piperidine rings is 1. The van der Waals surface area contributed by atoms with Crippen LogP contribution in [0, 0.1) is 5.92 Å². The summed E-state index contributed by atoms with van der Waals surface area (Å²) < 4.78 is 2.16. The molecule has 0 bridgehead atoms. The molecule has 132 valence electrons. The van der Waals surface area contributed by atoms with E-state index in [1.54, 1.807) is 12.4 Å². The van der Waals surface area contributed by atoms with Crippen molar-refractivity contribution in [1.29, 1.82) is 0 Å². The second-order valence-electron chi connectivity index (χ2n) is 6.96. The SMILES string of the molecule is CC1CCN(C(=O)c2cn[nH]c2)CC1c1ncc2cnc3[nH]ccc3n12. The Bertz CT molecular complexity index is 1080. The van der Waals surface area contributed by atoms with Crippen LogP contribution in [0.4, 0.5) is 0 Å². The Morgan fingerprint density at radius 3 is 3.00 bits per heavy atom. The van der Waals surface area contributed by atoms with Gasteiger partial charge in [0.2, 0.25) is 0 Å². The molecule has 1 aliphatic heterocycles. The number of imidazole rings is 1. The average Bonchev–Trinajstić information content (AvgIpc) is 3.40. The highest BCUT2D eigenvalue weighted by atomic mass is 16.2. The zero-order valence-electron chi connectivity index (χ0n) is 14.4. The van der Waals surface area contributed by atoms with Gasteiger partial charge >= 0.3 is 0 Å². The summed E-state index contributed by atoms with van der Waals surface area (Å²) in [6.45, 7) is 3.64. The fourth-order valence-corrected chi connectivity index (χ4v) is 3.90. The molecule has 4 aromatic rings. The van der Waals surface area contributed by atoms with Crippen molar-refractivity contribution in [2.45, 2.75) is 19.3 Å². The Labute approximate surface area is 149 Å². The monoisotopic (exact) mass is 349 g/mol. The van der Waals surface area contributed by atoms with Crippen LogP contribution < -0.4 is 0 Å². The molecule has 2 unspecified atom stereocenters. The van der Waals surface area contributed by atoms with E-state index < -0.39 is 0 Å². The molecule has 1 fully saturated rings. The van der Waals surface area contributed by atoms with Crippen molar-refractivity contribution in [1.82, 2.24) is 34.4 Å². The first-order chi connectivity index (χ1) is 12.7. The minimum atomic E-state index is 0.0185. The number of H-pyrrole nitrogens is 2. The number of hydrogen-bond donors (Lipinski definition) is 2. The molecule has 1 saturated heterocycles. The molecular weight excluding hydrogens is 330 g/mol. The average molecular weight is 349 g/mol. The van der Waals surface area contributed by atoms with Gasteiger partial charge in [-0.25, -0.2) is 9.97 Å².